The third-order valence-corrected chi connectivity index (χ3v) is 11.0. The van der Waals surface area contributed by atoms with Crippen LogP contribution in [0.25, 0.3) is 0 Å². The molecule has 0 spiro atoms. The van der Waals surface area contributed by atoms with Crippen molar-refractivity contribution in [1.29, 1.82) is 0 Å². The zero-order chi connectivity index (χ0) is 51.8. The minimum Gasteiger partial charge on any atom is -0.479 e. The standard InChI is InChI=1S/C59H90O12/c1-4-7-10-13-16-19-22-25-26-29-30-33-36-39-42-45-51(60)67-48-50(69-52(61)46-43-40-37-34-31-27-23-20-17-14-11-8-5-2)49-68-59-57(55(64)54(63)56(71-59)58(65)66)70-53(62)47-44-41-38-35-32-28-24-21-18-15-12-9-6-3/h7-8,10-12,15-17,19-21,24-27,30-31,33,39,42,50,54-57,59,63-64H,4-6,9,13-14,18,22-23,28-29,32,34-38,40-41,43-49H2,1-3H3,(H,65,66)/b10-7-,11-8-,15-12-,19-16-,20-17-,24-21-,26-25-,31-27-,33-30-,42-39-. The number of carbonyl (C=O) groups is 4. The molecule has 12 nitrogen and oxygen atoms in total. The van der Waals surface area contributed by atoms with Gasteiger partial charge >= 0.3 is 23.9 Å². The van der Waals surface area contributed by atoms with Crippen molar-refractivity contribution >= 4 is 23.9 Å². The first-order chi connectivity index (χ1) is 34.6. The number of hydrogen-bond donors (Lipinski definition) is 3. The van der Waals surface area contributed by atoms with Gasteiger partial charge in [-0.1, -0.05) is 174 Å². The molecule has 1 aliphatic rings. The fourth-order valence-corrected chi connectivity index (χ4v) is 7.02. The molecule has 1 saturated heterocycles. The predicted molar refractivity (Wildman–Crippen MR) is 284 cm³/mol. The van der Waals surface area contributed by atoms with E-state index in [0.717, 1.165) is 116 Å². The lowest BCUT2D eigenvalue weighted by Gasteiger charge is -2.40. The first-order valence-electron chi connectivity index (χ1n) is 26.5. The van der Waals surface area contributed by atoms with Crippen LogP contribution in [0.5, 0.6) is 0 Å². The third kappa shape index (κ3) is 36.7. The van der Waals surface area contributed by atoms with Gasteiger partial charge in [0.25, 0.3) is 0 Å². The van der Waals surface area contributed by atoms with E-state index in [-0.39, 0.29) is 25.9 Å². The van der Waals surface area contributed by atoms with Gasteiger partial charge in [-0.25, -0.2) is 4.79 Å². The Morgan fingerprint density at radius 3 is 1.44 bits per heavy atom. The van der Waals surface area contributed by atoms with Gasteiger partial charge in [0.05, 0.1) is 13.0 Å². The van der Waals surface area contributed by atoms with Crippen molar-refractivity contribution in [2.75, 3.05) is 13.2 Å². The van der Waals surface area contributed by atoms with Gasteiger partial charge in [-0.05, 0) is 103 Å². The van der Waals surface area contributed by atoms with Crippen molar-refractivity contribution in [2.24, 2.45) is 0 Å². The van der Waals surface area contributed by atoms with Gasteiger partial charge in [0, 0.05) is 12.8 Å². The second-order valence-corrected chi connectivity index (χ2v) is 17.4. The second kappa shape index (κ2) is 46.2. The molecule has 0 aromatic heterocycles. The van der Waals surface area contributed by atoms with Gasteiger partial charge in [0.1, 0.15) is 18.8 Å². The summed E-state index contributed by atoms with van der Waals surface area (Å²) in [5, 5.41) is 31.3. The average Bonchev–Trinajstić information content (AvgIpc) is 3.35. The van der Waals surface area contributed by atoms with E-state index in [1.54, 1.807) is 6.08 Å². The highest BCUT2D eigenvalue weighted by Crippen LogP contribution is 2.26. The van der Waals surface area contributed by atoms with Crippen molar-refractivity contribution in [3.05, 3.63) is 122 Å². The Labute approximate surface area is 427 Å². The van der Waals surface area contributed by atoms with Crippen LogP contribution in [0.15, 0.2) is 122 Å². The molecule has 12 heteroatoms. The Kier molecular flexibility index (Phi) is 41.7. The van der Waals surface area contributed by atoms with Gasteiger partial charge in [0.2, 0.25) is 0 Å². The average molecular weight is 991 g/mol. The number of unbranched alkanes of at least 4 members (excludes halogenated alkanes) is 9. The topological polar surface area (TPSA) is 175 Å². The van der Waals surface area contributed by atoms with Crippen molar-refractivity contribution in [3.63, 3.8) is 0 Å². The minimum absolute atomic E-state index is 0.0251. The van der Waals surface area contributed by atoms with Crippen LogP contribution in [0.3, 0.4) is 0 Å². The maximum absolute atomic E-state index is 13.1. The number of aliphatic hydroxyl groups is 2. The monoisotopic (exact) mass is 991 g/mol. The molecule has 6 unspecified atom stereocenters. The van der Waals surface area contributed by atoms with E-state index in [4.69, 9.17) is 23.7 Å². The molecular weight excluding hydrogens is 901 g/mol. The van der Waals surface area contributed by atoms with Crippen LogP contribution >= 0.6 is 0 Å². The van der Waals surface area contributed by atoms with Crippen LogP contribution in [0.1, 0.15) is 175 Å². The number of aliphatic carboxylic acids is 1. The SMILES string of the molecule is CC/C=C\C/C=C\C/C=C\C/C=C\C/C=C\CC(=O)OCC(COC1OC(C(=O)O)C(O)C(O)C1OC(=O)CCCCCCC/C=C\C/C=C\CCC)OC(=O)CCCCC/C=C\C/C=C\C/C=C\CC. The summed E-state index contributed by atoms with van der Waals surface area (Å²) in [4.78, 5) is 50.8. The Morgan fingerprint density at radius 2 is 0.930 bits per heavy atom. The molecule has 3 N–H and O–H groups in total. The van der Waals surface area contributed by atoms with Gasteiger partial charge in [0.15, 0.2) is 24.6 Å². The Morgan fingerprint density at radius 1 is 0.493 bits per heavy atom. The molecule has 0 aliphatic carbocycles. The minimum atomic E-state index is -1.93. The molecule has 6 atom stereocenters. The van der Waals surface area contributed by atoms with E-state index in [1.807, 2.05) is 12.2 Å². The summed E-state index contributed by atoms with van der Waals surface area (Å²) in [6.45, 7) is 5.53. The molecule has 1 rings (SSSR count). The smallest absolute Gasteiger partial charge is 0.335 e. The summed E-state index contributed by atoms with van der Waals surface area (Å²) in [6, 6.07) is 0. The number of hydrogen-bond acceptors (Lipinski definition) is 11. The lowest BCUT2D eigenvalue weighted by atomic mass is 9.98. The highest BCUT2D eigenvalue weighted by Gasteiger charge is 2.50. The lowest BCUT2D eigenvalue weighted by molar-refractivity contribution is -0.301. The molecule has 0 saturated carbocycles. The van der Waals surface area contributed by atoms with Crippen molar-refractivity contribution < 1.29 is 58.2 Å². The molecule has 1 heterocycles. The highest BCUT2D eigenvalue weighted by atomic mass is 16.7. The zero-order valence-electron chi connectivity index (χ0n) is 43.4. The molecule has 398 valence electrons. The third-order valence-electron chi connectivity index (χ3n) is 11.0. The van der Waals surface area contributed by atoms with Crippen molar-refractivity contribution in [3.8, 4) is 0 Å². The number of carboxylic acids is 1. The summed E-state index contributed by atoms with van der Waals surface area (Å²) >= 11 is 0. The fraction of sp³-hybridized carbons (Fsp3) is 0.593. The molecule has 0 aromatic carbocycles. The molecular formula is C59H90O12. The Bertz CT molecular complexity index is 1700. The first-order valence-corrected chi connectivity index (χ1v) is 26.5. The predicted octanol–water partition coefficient (Wildman–Crippen LogP) is 12.9. The molecule has 0 amide bonds. The molecule has 0 radical (unpaired) electrons. The number of ether oxygens (including phenoxy) is 5. The Balaban J connectivity index is 2.82. The Hall–Kier alpha value is -4.88. The van der Waals surface area contributed by atoms with Crippen LogP contribution in [0.4, 0.5) is 0 Å². The van der Waals surface area contributed by atoms with E-state index in [1.165, 1.54) is 0 Å². The summed E-state index contributed by atoms with van der Waals surface area (Å²) in [7, 11) is 0. The maximum atomic E-state index is 13.1. The number of rotatable bonds is 42. The van der Waals surface area contributed by atoms with Gasteiger partial charge in [-0.2, -0.15) is 0 Å². The normalized spacial score (nSPS) is 19.5. The first kappa shape index (κ1) is 64.1. The summed E-state index contributed by atoms with van der Waals surface area (Å²) in [5.74, 6) is -3.37. The summed E-state index contributed by atoms with van der Waals surface area (Å²) < 4.78 is 28.1. The number of carbonyl (C=O) groups excluding carboxylic acids is 3. The second-order valence-electron chi connectivity index (χ2n) is 17.4. The quantitative estimate of drug-likeness (QED) is 0.0229. The van der Waals surface area contributed by atoms with Gasteiger partial charge in [-0.15, -0.1) is 0 Å². The van der Waals surface area contributed by atoms with Gasteiger partial charge in [-0.3, -0.25) is 14.4 Å². The number of esters is 3. The summed E-state index contributed by atoms with van der Waals surface area (Å²) in [6.07, 6.45) is 50.7. The van der Waals surface area contributed by atoms with Crippen molar-refractivity contribution in [2.45, 2.75) is 212 Å². The molecule has 0 aromatic rings. The van der Waals surface area contributed by atoms with Crippen LogP contribution in [-0.4, -0.2) is 89.2 Å². The number of carboxylic acid groups (broad SMARTS) is 1. The van der Waals surface area contributed by atoms with Gasteiger partial charge < -0.3 is 39.0 Å². The van der Waals surface area contributed by atoms with E-state index >= 15 is 0 Å². The molecule has 1 aliphatic heterocycles. The molecule has 71 heavy (non-hydrogen) atoms. The largest absolute Gasteiger partial charge is 0.479 e. The van der Waals surface area contributed by atoms with E-state index in [0.29, 0.717) is 19.3 Å². The number of allylic oxidation sites excluding steroid dienone is 19. The van der Waals surface area contributed by atoms with Crippen LogP contribution in [0, 0.1) is 0 Å². The van der Waals surface area contributed by atoms with Crippen molar-refractivity contribution in [1.82, 2.24) is 0 Å². The maximum Gasteiger partial charge on any atom is 0.335 e. The molecule has 0 bridgehead atoms. The highest BCUT2D eigenvalue weighted by molar-refractivity contribution is 5.74. The van der Waals surface area contributed by atoms with Crippen LogP contribution in [0.2, 0.25) is 0 Å². The lowest BCUT2D eigenvalue weighted by Crippen LogP contribution is -2.61. The van der Waals surface area contributed by atoms with E-state index < -0.39 is 67.3 Å². The summed E-state index contributed by atoms with van der Waals surface area (Å²) in [5.41, 5.74) is 0. The fourth-order valence-electron chi connectivity index (χ4n) is 7.02. The van der Waals surface area contributed by atoms with E-state index in [2.05, 4.69) is 124 Å². The van der Waals surface area contributed by atoms with Crippen LogP contribution < -0.4 is 0 Å². The van der Waals surface area contributed by atoms with Crippen LogP contribution in [-0.2, 0) is 42.9 Å². The number of aliphatic hydroxyl groups excluding tert-OH is 2. The zero-order valence-corrected chi connectivity index (χ0v) is 43.4. The van der Waals surface area contributed by atoms with E-state index in [9.17, 15) is 34.5 Å². The molecule has 1 fully saturated rings.